The van der Waals surface area contributed by atoms with Gasteiger partial charge in [0.25, 0.3) is 0 Å². The largest absolute Gasteiger partial charge is 0.450 e. The third-order valence-corrected chi connectivity index (χ3v) is 5.14. The average Bonchev–Trinajstić information content (AvgIpc) is 2.51. The molecule has 3 heteroatoms. The van der Waals surface area contributed by atoms with Crippen molar-refractivity contribution in [1.82, 2.24) is 0 Å². The summed E-state index contributed by atoms with van der Waals surface area (Å²) < 4.78 is 5.21. The molecule has 100 valence electrons. The van der Waals surface area contributed by atoms with Crippen LogP contribution in [-0.2, 0) is 9.53 Å². The number of esters is 1. The summed E-state index contributed by atoms with van der Waals surface area (Å²) in [5.41, 5.74) is 0.0350. The number of hydrogen-bond donors (Lipinski definition) is 0. The maximum absolute atomic E-state index is 12.0. The fraction of sp³-hybridized carbons (Fsp3) is 0.929. The molecule has 1 heterocycles. The van der Waals surface area contributed by atoms with Crippen LogP contribution in [0.5, 0.6) is 0 Å². The summed E-state index contributed by atoms with van der Waals surface area (Å²) in [5.74, 6) is -0.0149. The number of ether oxygens (including phenoxy) is 1. The number of carbonyl (C=O) groups is 1. The standard InChI is InChI=1S/C14H26O2S/c1-6-7-8-9-10-14(5)11(15)16-12(17-14)13(2,3)4/h12H,6-10H2,1-5H3/t12-,14-/m1/s1. The van der Waals surface area contributed by atoms with Gasteiger partial charge in [-0.15, -0.1) is 0 Å². The van der Waals surface area contributed by atoms with Gasteiger partial charge >= 0.3 is 5.97 Å². The lowest BCUT2D eigenvalue weighted by Gasteiger charge is -2.25. The smallest absolute Gasteiger partial charge is 0.323 e. The van der Waals surface area contributed by atoms with Crippen LogP contribution in [0, 0.1) is 5.41 Å². The Morgan fingerprint density at radius 2 is 1.94 bits per heavy atom. The van der Waals surface area contributed by atoms with Crippen molar-refractivity contribution < 1.29 is 9.53 Å². The second-order valence-electron chi connectivity index (χ2n) is 6.26. The molecule has 0 radical (unpaired) electrons. The molecule has 0 amide bonds. The molecule has 17 heavy (non-hydrogen) atoms. The third-order valence-electron chi connectivity index (χ3n) is 3.23. The van der Waals surface area contributed by atoms with Crippen molar-refractivity contribution in [2.45, 2.75) is 76.9 Å². The summed E-state index contributed by atoms with van der Waals surface area (Å²) in [6.07, 6.45) is 5.80. The topological polar surface area (TPSA) is 26.3 Å². The first-order valence-electron chi connectivity index (χ1n) is 6.68. The van der Waals surface area contributed by atoms with Crippen molar-refractivity contribution in [1.29, 1.82) is 0 Å². The van der Waals surface area contributed by atoms with Crippen molar-refractivity contribution in [3.05, 3.63) is 0 Å². The summed E-state index contributed by atoms with van der Waals surface area (Å²) >= 11 is 1.71. The van der Waals surface area contributed by atoms with E-state index in [4.69, 9.17) is 4.74 Å². The molecule has 0 aromatic rings. The number of carbonyl (C=O) groups excluding carboxylic acids is 1. The predicted molar refractivity (Wildman–Crippen MR) is 74.1 cm³/mol. The number of cyclic esters (lactones) is 1. The van der Waals surface area contributed by atoms with Crippen LogP contribution in [0.25, 0.3) is 0 Å². The van der Waals surface area contributed by atoms with Gasteiger partial charge in [0, 0.05) is 5.41 Å². The molecule has 0 unspecified atom stereocenters. The highest BCUT2D eigenvalue weighted by molar-refractivity contribution is 8.02. The minimum atomic E-state index is -0.314. The molecule has 0 saturated carbocycles. The molecule has 1 aliphatic heterocycles. The van der Waals surface area contributed by atoms with Gasteiger partial charge < -0.3 is 4.74 Å². The van der Waals surface area contributed by atoms with E-state index >= 15 is 0 Å². The van der Waals surface area contributed by atoms with E-state index in [9.17, 15) is 4.79 Å². The van der Waals surface area contributed by atoms with E-state index in [2.05, 4.69) is 27.7 Å². The zero-order valence-corrected chi connectivity index (χ0v) is 12.7. The number of thioether (sulfide) groups is 1. The first-order valence-corrected chi connectivity index (χ1v) is 7.56. The fourth-order valence-electron chi connectivity index (χ4n) is 1.93. The van der Waals surface area contributed by atoms with Crippen LogP contribution in [0.1, 0.15) is 66.7 Å². The second-order valence-corrected chi connectivity index (χ2v) is 7.83. The van der Waals surface area contributed by atoms with Crippen molar-refractivity contribution in [2.24, 2.45) is 5.41 Å². The van der Waals surface area contributed by atoms with E-state index in [-0.39, 0.29) is 21.6 Å². The molecule has 0 N–H and O–H groups in total. The highest BCUT2D eigenvalue weighted by Crippen LogP contribution is 2.48. The minimum Gasteiger partial charge on any atom is -0.450 e. The molecule has 0 aromatic heterocycles. The first kappa shape index (κ1) is 14.9. The molecule has 1 saturated heterocycles. The molecule has 2 nitrogen and oxygen atoms in total. The van der Waals surface area contributed by atoms with Crippen LogP contribution < -0.4 is 0 Å². The van der Waals surface area contributed by atoms with E-state index in [0.717, 1.165) is 12.8 Å². The fourth-order valence-corrected chi connectivity index (χ4v) is 3.30. The van der Waals surface area contributed by atoms with Gasteiger partial charge in [-0.25, -0.2) is 0 Å². The molecule has 0 spiro atoms. The van der Waals surface area contributed by atoms with Crippen LogP contribution >= 0.6 is 11.8 Å². The molecule has 1 aliphatic rings. The molecule has 0 bridgehead atoms. The van der Waals surface area contributed by atoms with Crippen molar-refractivity contribution in [2.75, 3.05) is 0 Å². The maximum Gasteiger partial charge on any atom is 0.323 e. The quantitative estimate of drug-likeness (QED) is 0.541. The Kier molecular flexibility index (Phi) is 4.94. The molecule has 0 aliphatic carbocycles. The Morgan fingerprint density at radius 3 is 2.41 bits per heavy atom. The molecule has 2 atom stereocenters. The van der Waals surface area contributed by atoms with Crippen molar-refractivity contribution >= 4 is 17.7 Å². The summed E-state index contributed by atoms with van der Waals surface area (Å²) in [6.45, 7) is 10.6. The van der Waals surface area contributed by atoms with Gasteiger partial charge in [0.2, 0.25) is 0 Å². The van der Waals surface area contributed by atoms with E-state index < -0.39 is 0 Å². The predicted octanol–water partition coefficient (Wildman–Crippen LogP) is 4.38. The average molecular weight is 258 g/mol. The zero-order valence-electron chi connectivity index (χ0n) is 11.8. The molecule has 0 aromatic carbocycles. The molecule has 1 rings (SSSR count). The van der Waals surface area contributed by atoms with Gasteiger partial charge in [-0.3, -0.25) is 4.79 Å². The monoisotopic (exact) mass is 258 g/mol. The molecular weight excluding hydrogens is 232 g/mol. The van der Waals surface area contributed by atoms with E-state index in [1.165, 1.54) is 19.3 Å². The second kappa shape index (κ2) is 5.64. The summed E-state index contributed by atoms with van der Waals surface area (Å²) in [6, 6.07) is 0. The summed E-state index contributed by atoms with van der Waals surface area (Å²) in [5, 5.41) is 0. The summed E-state index contributed by atoms with van der Waals surface area (Å²) in [7, 11) is 0. The lowest BCUT2D eigenvalue weighted by atomic mass is 9.98. The Morgan fingerprint density at radius 1 is 1.29 bits per heavy atom. The van der Waals surface area contributed by atoms with Gasteiger partial charge in [0.1, 0.15) is 4.75 Å². The Bertz CT molecular complexity index is 270. The molecule has 1 fully saturated rings. The Balaban J connectivity index is 2.50. The van der Waals surface area contributed by atoms with Crippen molar-refractivity contribution in [3.63, 3.8) is 0 Å². The zero-order chi connectivity index (χ0) is 13.1. The SMILES string of the molecule is CCCCCC[C@@]1(C)S[C@H](C(C)(C)C)OC1=O. The number of rotatable bonds is 5. The van der Waals surface area contributed by atoms with Crippen LogP contribution in [0.2, 0.25) is 0 Å². The van der Waals surface area contributed by atoms with Gasteiger partial charge in [-0.1, -0.05) is 65.1 Å². The van der Waals surface area contributed by atoms with Crippen LogP contribution in [0.15, 0.2) is 0 Å². The van der Waals surface area contributed by atoms with Gasteiger partial charge in [-0.2, -0.15) is 0 Å². The van der Waals surface area contributed by atoms with Crippen molar-refractivity contribution in [3.8, 4) is 0 Å². The maximum atomic E-state index is 12.0. The highest BCUT2D eigenvalue weighted by Gasteiger charge is 2.49. The van der Waals surface area contributed by atoms with Gasteiger partial charge in [0.05, 0.1) is 0 Å². The van der Waals surface area contributed by atoms with Crippen LogP contribution in [0.3, 0.4) is 0 Å². The van der Waals surface area contributed by atoms with E-state index in [1.54, 1.807) is 11.8 Å². The Labute approximate surface area is 110 Å². The minimum absolute atomic E-state index is 0.00572. The van der Waals surface area contributed by atoms with E-state index in [1.807, 2.05) is 6.92 Å². The van der Waals surface area contributed by atoms with Crippen LogP contribution in [0.4, 0.5) is 0 Å². The Hall–Kier alpha value is -0.180. The summed E-state index contributed by atoms with van der Waals surface area (Å²) in [4.78, 5) is 12.0. The van der Waals surface area contributed by atoms with Gasteiger partial charge in [-0.05, 0) is 13.3 Å². The number of hydrogen-bond acceptors (Lipinski definition) is 3. The van der Waals surface area contributed by atoms with Gasteiger partial charge in [0.15, 0.2) is 5.44 Å². The normalized spacial score (nSPS) is 29.5. The lowest BCUT2D eigenvalue weighted by molar-refractivity contribution is -0.148. The molecular formula is C14H26O2S. The first-order chi connectivity index (χ1) is 7.79. The van der Waals surface area contributed by atoms with E-state index in [0.29, 0.717) is 0 Å². The highest BCUT2D eigenvalue weighted by atomic mass is 32.2. The number of unbranched alkanes of at least 4 members (excludes halogenated alkanes) is 3. The lowest BCUT2D eigenvalue weighted by Crippen LogP contribution is -2.27. The van der Waals surface area contributed by atoms with Crippen LogP contribution in [-0.4, -0.2) is 16.2 Å². The third kappa shape index (κ3) is 3.90.